The highest BCUT2D eigenvalue weighted by molar-refractivity contribution is 5.87. The Bertz CT molecular complexity index is 2110. The van der Waals surface area contributed by atoms with Gasteiger partial charge in [-0.1, -0.05) is 76.2 Å². The third-order valence-corrected chi connectivity index (χ3v) is 11.5. The average molecular weight is 811 g/mol. The molecule has 4 aromatic rings. The summed E-state index contributed by atoms with van der Waals surface area (Å²) in [4.78, 5) is 71.5. The first-order valence-corrected chi connectivity index (χ1v) is 20.3. The molecule has 0 saturated carbocycles. The van der Waals surface area contributed by atoms with Crippen LogP contribution in [0.1, 0.15) is 77.1 Å². The Balaban J connectivity index is 1.04. The lowest BCUT2D eigenvalue weighted by Crippen LogP contribution is -2.52. The smallest absolute Gasteiger partial charge is 0.407 e. The van der Waals surface area contributed by atoms with Crippen molar-refractivity contribution in [2.75, 3.05) is 40.5 Å². The molecule has 0 bridgehead atoms. The third-order valence-electron chi connectivity index (χ3n) is 11.5. The number of rotatable bonds is 11. The highest BCUT2D eigenvalue weighted by Gasteiger charge is 2.52. The Hall–Kier alpha value is -5.74. The van der Waals surface area contributed by atoms with Gasteiger partial charge in [-0.05, 0) is 53.4 Å². The minimum Gasteiger partial charge on any atom is -0.453 e. The monoisotopic (exact) mass is 810 g/mol. The van der Waals surface area contributed by atoms with E-state index < -0.39 is 36.1 Å². The van der Waals surface area contributed by atoms with Gasteiger partial charge in [-0.25, -0.2) is 19.6 Å². The molecule has 4 N–H and O–H groups in total. The van der Waals surface area contributed by atoms with E-state index in [0.717, 1.165) is 52.9 Å². The number of nitrogens with zero attached hydrogens (tertiary/aromatic N) is 4. The summed E-state index contributed by atoms with van der Waals surface area (Å²) < 4.78 is 21.8. The number of carbonyl (C=O) groups is 4. The van der Waals surface area contributed by atoms with Gasteiger partial charge in [0.15, 0.2) is 5.79 Å². The molecule has 2 aromatic carbocycles. The molecule has 3 fully saturated rings. The van der Waals surface area contributed by atoms with E-state index in [0.29, 0.717) is 37.8 Å². The molecule has 59 heavy (non-hydrogen) atoms. The van der Waals surface area contributed by atoms with E-state index in [1.165, 1.54) is 14.2 Å². The van der Waals surface area contributed by atoms with E-state index in [1.54, 1.807) is 22.2 Å². The number of hydrogen-bond acceptors (Lipinski definition) is 10. The number of likely N-dealkylation sites (tertiary alicyclic amines) is 2. The van der Waals surface area contributed by atoms with Gasteiger partial charge in [0.25, 0.3) is 0 Å². The van der Waals surface area contributed by atoms with Gasteiger partial charge in [0.1, 0.15) is 23.7 Å². The zero-order chi connectivity index (χ0) is 41.8. The maximum absolute atomic E-state index is 14.0. The molecule has 0 aliphatic carbocycles. The number of nitrogens with one attached hydrogen (secondary N) is 4. The zero-order valence-electron chi connectivity index (χ0n) is 34.4. The third kappa shape index (κ3) is 8.83. The number of hydrogen-bond donors (Lipinski definition) is 4. The van der Waals surface area contributed by atoms with E-state index in [9.17, 15) is 19.2 Å². The molecule has 3 saturated heterocycles. The number of aromatic nitrogens is 4. The van der Waals surface area contributed by atoms with Gasteiger partial charge in [0, 0.05) is 13.0 Å². The molecule has 0 radical (unpaired) electrons. The minimum atomic E-state index is -0.949. The van der Waals surface area contributed by atoms with E-state index in [1.807, 2.05) is 52.0 Å². The molecular weight excluding hydrogens is 757 g/mol. The highest BCUT2D eigenvalue weighted by Crippen LogP contribution is 2.42. The van der Waals surface area contributed by atoms with Crippen LogP contribution in [0.15, 0.2) is 60.9 Å². The fraction of sp³-hybridized carbons (Fsp3) is 0.488. The molecule has 5 heterocycles. The lowest BCUT2D eigenvalue weighted by atomic mass is 10.0. The van der Waals surface area contributed by atoms with Gasteiger partial charge in [-0.15, -0.1) is 0 Å². The van der Waals surface area contributed by atoms with Crippen LogP contribution in [0.3, 0.4) is 0 Å². The van der Waals surface area contributed by atoms with Crippen molar-refractivity contribution >= 4 is 24.0 Å². The fourth-order valence-corrected chi connectivity index (χ4v) is 8.20. The summed E-state index contributed by atoms with van der Waals surface area (Å²) in [6, 6.07) is 14.2. The van der Waals surface area contributed by atoms with E-state index in [2.05, 4.69) is 49.9 Å². The lowest BCUT2D eigenvalue weighted by molar-refractivity contribution is -0.257. The quantitative estimate of drug-likeness (QED) is 0.140. The minimum absolute atomic E-state index is 0.113. The number of H-pyrrole nitrogens is 2. The summed E-state index contributed by atoms with van der Waals surface area (Å²) in [5.74, 6) is -0.343. The van der Waals surface area contributed by atoms with Crippen molar-refractivity contribution in [3.05, 3.63) is 72.6 Å². The largest absolute Gasteiger partial charge is 0.453 e. The first-order valence-electron chi connectivity index (χ1n) is 20.3. The SMILES string of the molecule is COC(=O)NC(C(=O)N1CCCC1c1ncc(-c2ccc(-c3ccc(-c4cnc(C5CC6(CN5C(=O)C(NC(=O)OC)C(C)C)OCCCO6)[nH]4)cc3)cc2)[nH]1)C(C)C. The van der Waals surface area contributed by atoms with Gasteiger partial charge in [0.2, 0.25) is 11.8 Å². The average Bonchev–Trinajstić information content (AvgIpc) is 4.08. The number of methoxy groups -OCH3 is 2. The van der Waals surface area contributed by atoms with Crippen molar-refractivity contribution in [3.8, 4) is 33.6 Å². The Kier molecular flexibility index (Phi) is 12.4. The Morgan fingerprint density at radius 2 is 1.15 bits per heavy atom. The molecule has 3 aliphatic heterocycles. The molecule has 4 unspecified atom stereocenters. The molecule has 7 rings (SSSR count). The van der Waals surface area contributed by atoms with Crippen molar-refractivity contribution in [1.82, 2.24) is 40.4 Å². The van der Waals surface area contributed by atoms with Crippen LogP contribution in [0.4, 0.5) is 9.59 Å². The Morgan fingerprint density at radius 1 is 0.695 bits per heavy atom. The van der Waals surface area contributed by atoms with Crippen molar-refractivity contribution in [1.29, 1.82) is 0 Å². The van der Waals surface area contributed by atoms with Crippen molar-refractivity contribution in [2.24, 2.45) is 11.8 Å². The molecule has 2 aromatic heterocycles. The van der Waals surface area contributed by atoms with Crippen molar-refractivity contribution in [3.63, 3.8) is 0 Å². The molecule has 4 atom stereocenters. The maximum Gasteiger partial charge on any atom is 0.407 e. The summed E-state index contributed by atoms with van der Waals surface area (Å²) in [6.45, 7) is 9.41. The van der Waals surface area contributed by atoms with Crippen LogP contribution in [0.2, 0.25) is 0 Å². The molecule has 3 aliphatic rings. The Morgan fingerprint density at radius 3 is 1.63 bits per heavy atom. The van der Waals surface area contributed by atoms with Gasteiger partial charge in [0.05, 0.1) is 69.8 Å². The molecule has 16 heteroatoms. The summed E-state index contributed by atoms with van der Waals surface area (Å²) >= 11 is 0. The number of benzene rings is 2. The zero-order valence-corrected chi connectivity index (χ0v) is 34.4. The second-order valence-corrected chi connectivity index (χ2v) is 16.1. The topological polar surface area (TPSA) is 193 Å². The maximum atomic E-state index is 14.0. The van der Waals surface area contributed by atoms with E-state index in [-0.39, 0.29) is 36.2 Å². The van der Waals surface area contributed by atoms with Crippen LogP contribution in [0.25, 0.3) is 33.6 Å². The molecule has 1 spiro atoms. The summed E-state index contributed by atoms with van der Waals surface area (Å²) in [5.41, 5.74) is 5.60. The van der Waals surface area contributed by atoms with Crippen LogP contribution in [-0.4, -0.2) is 112 Å². The van der Waals surface area contributed by atoms with Crippen LogP contribution in [-0.2, 0) is 28.5 Å². The fourth-order valence-electron chi connectivity index (χ4n) is 8.20. The second-order valence-electron chi connectivity index (χ2n) is 16.1. The van der Waals surface area contributed by atoms with Crippen LogP contribution >= 0.6 is 0 Å². The molecule has 16 nitrogen and oxygen atoms in total. The van der Waals surface area contributed by atoms with Gasteiger partial charge >= 0.3 is 12.2 Å². The normalized spacial score (nSPS) is 19.9. The van der Waals surface area contributed by atoms with Crippen molar-refractivity contribution < 1.29 is 38.1 Å². The van der Waals surface area contributed by atoms with Gasteiger partial charge in [-0.3, -0.25) is 9.59 Å². The highest BCUT2D eigenvalue weighted by atomic mass is 16.7. The lowest BCUT2D eigenvalue weighted by Gasteiger charge is -2.34. The van der Waals surface area contributed by atoms with E-state index >= 15 is 0 Å². The van der Waals surface area contributed by atoms with Gasteiger partial charge < -0.3 is 49.3 Å². The number of alkyl carbamates (subject to hydrolysis) is 2. The summed E-state index contributed by atoms with van der Waals surface area (Å²) in [5, 5.41) is 5.39. The van der Waals surface area contributed by atoms with Crippen LogP contribution in [0, 0.1) is 11.8 Å². The standard InChI is InChI=1S/C43H54N8O8/c1-25(2)35(48-41(54)56-5)39(52)50-18-7-9-33(50)37-44-22-31(46-37)29-14-10-27(11-15-29)28-12-16-30(17-13-28)32-23-45-38(47-32)34-21-43(58-19-8-20-59-43)24-51(34)40(53)36(26(3)4)49-42(55)57-6/h10-17,22-23,25-26,33-36H,7-9,18-21,24H2,1-6H3,(H,44,46)(H,45,47)(H,48,54)(H,49,55). The van der Waals surface area contributed by atoms with Gasteiger partial charge in [-0.2, -0.15) is 0 Å². The number of amides is 4. The number of imidazole rings is 2. The number of ether oxygens (including phenoxy) is 4. The predicted octanol–water partition coefficient (Wildman–Crippen LogP) is 5.97. The molecule has 314 valence electrons. The van der Waals surface area contributed by atoms with Crippen molar-refractivity contribution in [2.45, 2.75) is 83.3 Å². The number of carbonyl (C=O) groups excluding carboxylic acids is 4. The predicted molar refractivity (Wildman–Crippen MR) is 217 cm³/mol. The molecular formula is C43H54N8O8. The first-order chi connectivity index (χ1) is 28.4. The first kappa shape index (κ1) is 41.4. The van der Waals surface area contributed by atoms with Crippen LogP contribution in [0.5, 0.6) is 0 Å². The number of aromatic amines is 2. The second kappa shape index (κ2) is 17.6. The van der Waals surface area contributed by atoms with Crippen LogP contribution < -0.4 is 10.6 Å². The van der Waals surface area contributed by atoms with E-state index in [4.69, 9.17) is 23.9 Å². The summed E-state index contributed by atoms with van der Waals surface area (Å²) in [6.07, 6.45) is 5.05. The Labute approximate surface area is 343 Å². The molecule has 4 amide bonds. The summed E-state index contributed by atoms with van der Waals surface area (Å²) in [7, 11) is 2.56.